The minimum atomic E-state index is -0.321. The Labute approximate surface area is 114 Å². The molecule has 1 heterocycles. The van der Waals surface area contributed by atoms with E-state index in [1.807, 2.05) is 34.6 Å². The van der Waals surface area contributed by atoms with E-state index in [0.29, 0.717) is 12.2 Å². The van der Waals surface area contributed by atoms with Crippen molar-refractivity contribution in [1.29, 1.82) is 0 Å². The average Bonchev–Trinajstić information content (AvgIpc) is 2.31. The Morgan fingerprint density at radius 3 is 2.47 bits per heavy atom. The van der Waals surface area contributed by atoms with Crippen molar-refractivity contribution >= 4 is 5.82 Å². The number of nitrogens with zero attached hydrogens (tertiary/aromatic N) is 2. The number of anilines is 1. The summed E-state index contributed by atoms with van der Waals surface area (Å²) in [5.74, 6) is 0.343. The quantitative estimate of drug-likeness (QED) is 0.856. The van der Waals surface area contributed by atoms with Crippen molar-refractivity contribution in [3.8, 4) is 0 Å². The standard InChI is InChI=1S/C14H25N3O2/c1-6-14(5,7-10-18)16-11-12(19)17(9-8-15-11)13(2,3)4/h8-9,18H,6-7,10H2,1-5H3,(H,15,16). The van der Waals surface area contributed by atoms with E-state index >= 15 is 0 Å². The normalized spacial score (nSPS) is 15.1. The van der Waals surface area contributed by atoms with Crippen LogP contribution in [0.1, 0.15) is 47.5 Å². The van der Waals surface area contributed by atoms with Crippen molar-refractivity contribution in [1.82, 2.24) is 9.55 Å². The monoisotopic (exact) mass is 267 g/mol. The lowest BCUT2D eigenvalue weighted by Crippen LogP contribution is -2.41. The molecule has 1 atom stereocenters. The van der Waals surface area contributed by atoms with Crippen LogP contribution in [0.2, 0.25) is 0 Å². The second-order valence-electron chi connectivity index (χ2n) is 6.13. The summed E-state index contributed by atoms with van der Waals surface area (Å²) in [4.78, 5) is 16.5. The highest BCUT2D eigenvalue weighted by molar-refractivity contribution is 5.35. The Hall–Kier alpha value is -1.36. The predicted molar refractivity (Wildman–Crippen MR) is 77.5 cm³/mol. The second kappa shape index (κ2) is 5.74. The first-order valence-electron chi connectivity index (χ1n) is 6.71. The van der Waals surface area contributed by atoms with Gasteiger partial charge in [0.15, 0.2) is 5.82 Å². The molecule has 19 heavy (non-hydrogen) atoms. The van der Waals surface area contributed by atoms with Gasteiger partial charge < -0.3 is 15.0 Å². The largest absolute Gasteiger partial charge is 0.396 e. The molecule has 0 aliphatic heterocycles. The third kappa shape index (κ3) is 3.80. The van der Waals surface area contributed by atoms with Crippen LogP contribution in [0.15, 0.2) is 17.2 Å². The van der Waals surface area contributed by atoms with Crippen molar-refractivity contribution in [3.63, 3.8) is 0 Å². The van der Waals surface area contributed by atoms with Crippen LogP contribution in [0.5, 0.6) is 0 Å². The molecule has 5 heteroatoms. The van der Waals surface area contributed by atoms with Crippen molar-refractivity contribution in [2.24, 2.45) is 0 Å². The molecular formula is C14H25N3O2. The lowest BCUT2D eigenvalue weighted by atomic mass is 9.95. The van der Waals surface area contributed by atoms with Crippen LogP contribution >= 0.6 is 0 Å². The summed E-state index contributed by atoms with van der Waals surface area (Å²) in [6.45, 7) is 10.0. The molecule has 0 saturated carbocycles. The lowest BCUT2D eigenvalue weighted by Gasteiger charge is -2.30. The molecule has 0 aliphatic rings. The van der Waals surface area contributed by atoms with Gasteiger partial charge in [0.25, 0.3) is 5.56 Å². The van der Waals surface area contributed by atoms with Crippen molar-refractivity contribution < 1.29 is 5.11 Å². The maximum absolute atomic E-state index is 12.4. The van der Waals surface area contributed by atoms with E-state index in [4.69, 9.17) is 5.11 Å². The van der Waals surface area contributed by atoms with Gasteiger partial charge in [-0.15, -0.1) is 0 Å². The number of hydrogen-bond donors (Lipinski definition) is 2. The SMILES string of the molecule is CCC(C)(CCO)Nc1nccn(C(C)(C)C)c1=O. The molecule has 0 amide bonds. The Kier molecular flexibility index (Phi) is 4.74. The summed E-state index contributed by atoms with van der Waals surface area (Å²) in [6, 6.07) is 0. The number of hydrogen-bond acceptors (Lipinski definition) is 4. The maximum atomic E-state index is 12.4. The van der Waals surface area contributed by atoms with Gasteiger partial charge in [0, 0.05) is 30.1 Å². The number of aliphatic hydroxyl groups is 1. The zero-order chi connectivity index (χ0) is 14.7. The van der Waals surface area contributed by atoms with Gasteiger partial charge in [0.1, 0.15) is 0 Å². The summed E-state index contributed by atoms with van der Waals surface area (Å²) < 4.78 is 1.66. The number of rotatable bonds is 5. The lowest BCUT2D eigenvalue weighted by molar-refractivity contribution is 0.251. The topological polar surface area (TPSA) is 67.2 Å². The average molecular weight is 267 g/mol. The maximum Gasteiger partial charge on any atom is 0.293 e. The summed E-state index contributed by atoms with van der Waals surface area (Å²) in [5.41, 5.74) is -0.735. The predicted octanol–water partition coefficient (Wildman–Crippen LogP) is 1.96. The van der Waals surface area contributed by atoms with Gasteiger partial charge in [-0.2, -0.15) is 0 Å². The molecule has 0 spiro atoms. The first-order chi connectivity index (χ1) is 8.73. The fourth-order valence-corrected chi connectivity index (χ4v) is 1.89. The molecule has 0 aromatic carbocycles. The third-order valence-corrected chi connectivity index (χ3v) is 3.43. The Bertz CT molecular complexity index is 476. The fraction of sp³-hybridized carbons (Fsp3) is 0.714. The Morgan fingerprint density at radius 1 is 1.37 bits per heavy atom. The summed E-state index contributed by atoms with van der Waals surface area (Å²) in [7, 11) is 0. The van der Waals surface area contributed by atoms with E-state index in [1.165, 1.54) is 0 Å². The molecule has 5 nitrogen and oxygen atoms in total. The van der Waals surface area contributed by atoms with Crippen LogP contribution in [0.25, 0.3) is 0 Å². The van der Waals surface area contributed by atoms with Crippen LogP contribution in [-0.4, -0.2) is 26.8 Å². The highest BCUT2D eigenvalue weighted by Gasteiger charge is 2.24. The van der Waals surface area contributed by atoms with Crippen LogP contribution in [0.3, 0.4) is 0 Å². The molecule has 0 radical (unpaired) electrons. The molecule has 1 aromatic rings. The molecule has 0 saturated heterocycles. The minimum Gasteiger partial charge on any atom is -0.396 e. The number of aliphatic hydroxyl groups excluding tert-OH is 1. The van der Waals surface area contributed by atoms with Crippen LogP contribution in [0.4, 0.5) is 5.82 Å². The van der Waals surface area contributed by atoms with E-state index in [0.717, 1.165) is 6.42 Å². The highest BCUT2D eigenvalue weighted by atomic mass is 16.3. The first-order valence-corrected chi connectivity index (χ1v) is 6.71. The summed E-state index contributed by atoms with van der Waals surface area (Å²) in [5, 5.41) is 12.3. The van der Waals surface area contributed by atoms with Crippen molar-refractivity contribution in [2.45, 2.75) is 58.5 Å². The number of nitrogens with one attached hydrogen (secondary N) is 1. The molecule has 1 unspecified atom stereocenters. The minimum absolute atomic E-state index is 0.0810. The molecule has 0 aliphatic carbocycles. The van der Waals surface area contributed by atoms with Gasteiger partial charge in [-0.3, -0.25) is 4.79 Å². The molecule has 108 valence electrons. The zero-order valence-electron chi connectivity index (χ0n) is 12.5. The van der Waals surface area contributed by atoms with Crippen molar-refractivity contribution in [2.75, 3.05) is 11.9 Å². The molecule has 1 aromatic heterocycles. The Balaban J connectivity index is 3.13. The molecular weight excluding hydrogens is 242 g/mol. The highest BCUT2D eigenvalue weighted by Crippen LogP contribution is 2.19. The van der Waals surface area contributed by atoms with Gasteiger partial charge in [0.05, 0.1) is 0 Å². The summed E-state index contributed by atoms with van der Waals surface area (Å²) in [6.07, 6.45) is 4.71. The van der Waals surface area contributed by atoms with Crippen molar-refractivity contribution in [3.05, 3.63) is 22.7 Å². The fourth-order valence-electron chi connectivity index (χ4n) is 1.89. The van der Waals surface area contributed by atoms with Crippen LogP contribution < -0.4 is 10.9 Å². The zero-order valence-corrected chi connectivity index (χ0v) is 12.5. The number of aromatic nitrogens is 2. The van der Waals surface area contributed by atoms with Gasteiger partial charge in [-0.1, -0.05) is 6.92 Å². The van der Waals surface area contributed by atoms with E-state index in [1.54, 1.807) is 17.0 Å². The second-order valence-corrected chi connectivity index (χ2v) is 6.13. The smallest absolute Gasteiger partial charge is 0.293 e. The van der Waals surface area contributed by atoms with Crippen LogP contribution in [0, 0.1) is 0 Å². The molecule has 1 rings (SSSR count). The molecule has 0 fully saturated rings. The summed E-state index contributed by atoms with van der Waals surface area (Å²) >= 11 is 0. The van der Waals surface area contributed by atoms with E-state index in [-0.39, 0.29) is 23.2 Å². The van der Waals surface area contributed by atoms with E-state index in [2.05, 4.69) is 10.3 Å². The third-order valence-electron chi connectivity index (χ3n) is 3.43. The van der Waals surface area contributed by atoms with E-state index < -0.39 is 0 Å². The van der Waals surface area contributed by atoms with Crippen LogP contribution in [-0.2, 0) is 5.54 Å². The molecule has 2 N–H and O–H groups in total. The van der Waals surface area contributed by atoms with Gasteiger partial charge >= 0.3 is 0 Å². The Morgan fingerprint density at radius 2 is 2.00 bits per heavy atom. The van der Waals surface area contributed by atoms with Gasteiger partial charge in [-0.25, -0.2) is 4.98 Å². The first kappa shape index (κ1) is 15.7. The molecule has 0 bridgehead atoms. The van der Waals surface area contributed by atoms with Gasteiger partial charge in [0.2, 0.25) is 0 Å². The van der Waals surface area contributed by atoms with E-state index in [9.17, 15) is 4.79 Å². The van der Waals surface area contributed by atoms with Gasteiger partial charge in [-0.05, 0) is 40.5 Å².